The van der Waals surface area contributed by atoms with Crippen LogP contribution in [0.4, 0.5) is 5.69 Å². The normalized spacial score (nSPS) is 9.92. The molecule has 24 heavy (non-hydrogen) atoms. The summed E-state index contributed by atoms with van der Waals surface area (Å²) >= 11 is 5.95. The van der Waals surface area contributed by atoms with E-state index in [-0.39, 0.29) is 16.5 Å². The van der Waals surface area contributed by atoms with E-state index < -0.39 is 5.97 Å². The largest absolute Gasteiger partial charge is 0.490 e. The first-order valence-electron chi connectivity index (χ1n) is 7.08. The van der Waals surface area contributed by atoms with Crippen molar-refractivity contribution in [2.45, 2.75) is 0 Å². The van der Waals surface area contributed by atoms with Crippen LogP contribution in [0.25, 0.3) is 0 Å². The Morgan fingerprint density at radius 1 is 1.21 bits per heavy atom. The number of halogens is 1. The van der Waals surface area contributed by atoms with Gasteiger partial charge in [-0.15, -0.1) is 0 Å². The Balaban J connectivity index is 2.11. The summed E-state index contributed by atoms with van der Waals surface area (Å²) in [6.45, 7) is 3.96. The molecule has 0 saturated carbocycles. The molecule has 2 aromatic carbocycles. The van der Waals surface area contributed by atoms with E-state index in [2.05, 4.69) is 16.6 Å². The van der Waals surface area contributed by atoms with Gasteiger partial charge in [0.2, 0.25) is 0 Å². The minimum absolute atomic E-state index is 0.185. The third kappa shape index (κ3) is 4.36. The predicted molar refractivity (Wildman–Crippen MR) is 92.9 cm³/mol. The smallest absolute Gasteiger partial charge is 0.339 e. The summed E-state index contributed by atoms with van der Waals surface area (Å²) in [5, 5.41) is 2.96. The Hall–Kier alpha value is -2.79. The van der Waals surface area contributed by atoms with Crippen molar-refractivity contribution in [3.05, 3.63) is 71.3 Å². The molecule has 0 radical (unpaired) electrons. The van der Waals surface area contributed by atoms with Gasteiger partial charge in [-0.1, -0.05) is 24.3 Å². The van der Waals surface area contributed by atoms with E-state index in [1.165, 1.54) is 19.2 Å². The fraction of sp³-hybridized carbons (Fsp3) is 0.111. The van der Waals surface area contributed by atoms with Crippen LogP contribution in [0.15, 0.2) is 55.1 Å². The van der Waals surface area contributed by atoms with Gasteiger partial charge in [-0.05, 0) is 42.5 Å². The predicted octanol–water partition coefficient (Wildman–Crippen LogP) is 3.94. The molecule has 0 aromatic heterocycles. The molecule has 1 amide bonds. The van der Waals surface area contributed by atoms with Crippen LogP contribution < -0.4 is 10.1 Å². The summed E-state index contributed by atoms with van der Waals surface area (Å²) < 4.78 is 10.0. The van der Waals surface area contributed by atoms with Gasteiger partial charge in [0.05, 0.1) is 17.7 Å². The third-order valence-corrected chi connectivity index (χ3v) is 3.44. The molecule has 0 heterocycles. The van der Waals surface area contributed by atoms with Gasteiger partial charge in [-0.3, -0.25) is 4.79 Å². The summed E-state index contributed by atoms with van der Waals surface area (Å²) in [6, 6.07) is 11.3. The highest BCUT2D eigenvalue weighted by Crippen LogP contribution is 2.22. The molecule has 2 rings (SSSR count). The maximum absolute atomic E-state index is 12.3. The van der Waals surface area contributed by atoms with Crippen molar-refractivity contribution in [3.8, 4) is 5.75 Å². The Morgan fingerprint density at radius 3 is 2.54 bits per heavy atom. The summed E-state index contributed by atoms with van der Waals surface area (Å²) in [5.74, 6) is -0.242. The highest BCUT2D eigenvalue weighted by atomic mass is 35.5. The Bertz CT molecular complexity index is 756. The van der Waals surface area contributed by atoms with E-state index in [1.807, 2.05) is 0 Å². The molecule has 0 fully saturated rings. The van der Waals surface area contributed by atoms with Crippen LogP contribution in [0.1, 0.15) is 20.7 Å². The van der Waals surface area contributed by atoms with Crippen molar-refractivity contribution in [1.29, 1.82) is 0 Å². The molecule has 0 unspecified atom stereocenters. The fourth-order valence-corrected chi connectivity index (χ4v) is 2.13. The zero-order valence-corrected chi connectivity index (χ0v) is 13.8. The lowest BCUT2D eigenvalue weighted by atomic mass is 10.1. The van der Waals surface area contributed by atoms with Gasteiger partial charge in [0.1, 0.15) is 12.4 Å². The van der Waals surface area contributed by atoms with Gasteiger partial charge in [-0.2, -0.15) is 0 Å². The van der Waals surface area contributed by atoms with Crippen LogP contribution in [-0.4, -0.2) is 25.6 Å². The lowest BCUT2D eigenvalue weighted by Crippen LogP contribution is -2.12. The second-order valence-corrected chi connectivity index (χ2v) is 5.17. The van der Waals surface area contributed by atoms with Crippen LogP contribution in [0.2, 0.25) is 5.02 Å². The second kappa shape index (κ2) is 8.17. The number of nitrogens with one attached hydrogen (secondary N) is 1. The standard InChI is InChI=1S/C18H16ClNO4/c1-3-10-24-14-7-4-12(5-8-14)17(21)20-13-6-9-16(19)15(11-13)18(22)23-2/h3-9,11H,1,10H2,2H3,(H,20,21). The molecule has 0 saturated heterocycles. The lowest BCUT2D eigenvalue weighted by Gasteiger charge is -2.09. The molecule has 0 aliphatic heterocycles. The number of benzene rings is 2. The van der Waals surface area contributed by atoms with Crippen molar-refractivity contribution in [3.63, 3.8) is 0 Å². The maximum atomic E-state index is 12.3. The van der Waals surface area contributed by atoms with Crippen LogP contribution >= 0.6 is 11.6 Å². The average molecular weight is 346 g/mol. The van der Waals surface area contributed by atoms with Crippen LogP contribution in [0.5, 0.6) is 5.75 Å². The quantitative estimate of drug-likeness (QED) is 0.636. The van der Waals surface area contributed by atoms with Crippen molar-refractivity contribution in [2.24, 2.45) is 0 Å². The Morgan fingerprint density at radius 2 is 1.92 bits per heavy atom. The molecule has 0 atom stereocenters. The molecule has 2 aromatic rings. The van der Waals surface area contributed by atoms with Gasteiger partial charge in [0.15, 0.2) is 0 Å². The fourth-order valence-electron chi connectivity index (χ4n) is 1.93. The zero-order chi connectivity index (χ0) is 17.5. The monoisotopic (exact) mass is 345 g/mol. The molecule has 0 aliphatic rings. The van der Waals surface area contributed by atoms with Crippen molar-refractivity contribution in [1.82, 2.24) is 0 Å². The minimum atomic E-state index is -0.570. The second-order valence-electron chi connectivity index (χ2n) is 4.76. The number of methoxy groups -OCH3 is 1. The van der Waals surface area contributed by atoms with Gasteiger partial charge < -0.3 is 14.8 Å². The first kappa shape index (κ1) is 17.6. The first-order chi connectivity index (χ1) is 11.5. The number of ether oxygens (including phenoxy) is 2. The minimum Gasteiger partial charge on any atom is -0.490 e. The first-order valence-corrected chi connectivity index (χ1v) is 7.46. The molecule has 0 bridgehead atoms. The number of hydrogen-bond acceptors (Lipinski definition) is 4. The molecule has 0 aliphatic carbocycles. The van der Waals surface area contributed by atoms with E-state index in [9.17, 15) is 9.59 Å². The van der Waals surface area contributed by atoms with Gasteiger partial charge >= 0.3 is 5.97 Å². The number of hydrogen-bond donors (Lipinski definition) is 1. The van der Waals surface area contributed by atoms with E-state index in [4.69, 9.17) is 16.3 Å². The van der Waals surface area contributed by atoms with Gasteiger partial charge in [0, 0.05) is 11.3 Å². The highest BCUT2D eigenvalue weighted by molar-refractivity contribution is 6.33. The summed E-state index contributed by atoms with van der Waals surface area (Å²) in [5.41, 5.74) is 1.08. The molecule has 6 heteroatoms. The van der Waals surface area contributed by atoms with Crippen molar-refractivity contribution < 1.29 is 19.1 Å². The topological polar surface area (TPSA) is 64.6 Å². The number of anilines is 1. The summed E-state index contributed by atoms with van der Waals surface area (Å²) in [7, 11) is 1.26. The highest BCUT2D eigenvalue weighted by Gasteiger charge is 2.13. The van der Waals surface area contributed by atoms with Gasteiger partial charge in [0.25, 0.3) is 5.91 Å². The van der Waals surface area contributed by atoms with E-state index >= 15 is 0 Å². The molecule has 0 spiro atoms. The number of amides is 1. The van der Waals surface area contributed by atoms with Crippen LogP contribution in [0, 0.1) is 0 Å². The van der Waals surface area contributed by atoms with Crippen LogP contribution in [0.3, 0.4) is 0 Å². The van der Waals surface area contributed by atoms with E-state index in [0.29, 0.717) is 23.6 Å². The third-order valence-electron chi connectivity index (χ3n) is 3.11. The van der Waals surface area contributed by atoms with E-state index in [0.717, 1.165) is 0 Å². The average Bonchev–Trinajstić information content (AvgIpc) is 2.61. The maximum Gasteiger partial charge on any atom is 0.339 e. The van der Waals surface area contributed by atoms with Gasteiger partial charge in [-0.25, -0.2) is 4.79 Å². The van der Waals surface area contributed by atoms with Crippen molar-refractivity contribution >= 4 is 29.2 Å². The zero-order valence-electron chi connectivity index (χ0n) is 13.0. The lowest BCUT2D eigenvalue weighted by molar-refractivity contribution is 0.0600. The van der Waals surface area contributed by atoms with Crippen LogP contribution in [-0.2, 0) is 4.74 Å². The summed E-state index contributed by atoms with van der Waals surface area (Å²) in [6.07, 6.45) is 1.64. The van der Waals surface area contributed by atoms with Crippen molar-refractivity contribution in [2.75, 3.05) is 19.0 Å². The number of carbonyl (C=O) groups excluding carboxylic acids is 2. The summed E-state index contributed by atoms with van der Waals surface area (Å²) in [4.78, 5) is 23.9. The number of esters is 1. The number of rotatable bonds is 6. The molecule has 124 valence electrons. The molecular weight excluding hydrogens is 330 g/mol. The Labute approximate surface area is 144 Å². The Kier molecular flexibility index (Phi) is 5.98. The van der Waals surface area contributed by atoms with E-state index in [1.54, 1.807) is 36.4 Å². The SMILES string of the molecule is C=CCOc1ccc(C(=O)Nc2ccc(Cl)c(C(=O)OC)c2)cc1. The number of carbonyl (C=O) groups is 2. The molecule has 5 nitrogen and oxygen atoms in total. The molecule has 1 N–H and O–H groups in total. The molecular formula is C18H16ClNO4.